The Morgan fingerprint density at radius 1 is 0.850 bits per heavy atom. The van der Waals surface area contributed by atoms with Gasteiger partial charge in [-0.25, -0.2) is 0 Å². The maximum atomic E-state index is 14.3. The van der Waals surface area contributed by atoms with E-state index in [-0.39, 0.29) is 38.7 Å². The molecule has 0 radical (unpaired) electrons. The molecule has 17 nitrogen and oxygen atoms in total. The Balaban J connectivity index is 2.22. The number of nitrogens with zero attached hydrogens (tertiary/aromatic N) is 1. The number of cyclic esters (lactones) is 1. The number of likely N-dealkylation sites (N-methyl/N-ethyl adjacent to an activating group) is 1. The highest BCUT2D eigenvalue weighted by molar-refractivity contribution is 5.83. The summed E-state index contributed by atoms with van der Waals surface area (Å²) in [6.07, 6.45) is -11.1. The molecule has 18 atom stereocenters. The molecule has 3 rings (SSSR count). The zero-order valence-corrected chi connectivity index (χ0v) is 38.2. The summed E-state index contributed by atoms with van der Waals surface area (Å²) in [6, 6.07) is -0.443. The van der Waals surface area contributed by atoms with Crippen LogP contribution in [0.2, 0.25) is 0 Å². The van der Waals surface area contributed by atoms with Gasteiger partial charge in [0.2, 0.25) is 0 Å². The van der Waals surface area contributed by atoms with Crippen LogP contribution in [-0.2, 0) is 57.1 Å². The van der Waals surface area contributed by atoms with Crippen LogP contribution in [-0.4, -0.2) is 161 Å². The van der Waals surface area contributed by atoms with Crippen LogP contribution in [0.5, 0.6) is 0 Å². The largest absolute Gasteiger partial charge is 0.466 e. The zero-order valence-electron chi connectivity index (χ0n) is 38.2. The third-order valence-corrected chi connectivity index (χ3v) is 12.9. The molecule has 3 saturated heterocycles. The van der Waals surface area contributed by atoms with Crippen molar-refractivity contribution in [3.05, 3.63) is 0 Å². The van der Waals surface area contributed by atoms with Crippen LogP contribution in [0.1, 0.15) is 115 Å². The van der Waals surface area contributed by atoms with Gasteiger partial charge in [0.25, 0.3) is 0 Å². The van der Waals surface area contributed by atoms with Gasteiger partial charge >= 0.3 is 17.9 Å². The van der Waals surface area contributed by atoms with Crippen molar-refractivity contribution < 1.29 is 77.5 Å². The molecule has 0 spiro atoms. The second kappa shape index (κ2) is 21.4. The van der Waals surface area contributed by atoms with E-state index in [1.165, 1.54) is 27.9 Å². The first-order valence-corrected chi connectivity index (χ1v) is 21.5. The average Bonchev–Trinajstić information content (AvgIpc) is 3.17. The normalized spacial score (nSPS) is 43.8. The van der Waals surface area contributed by atoms with Gasteiger partial charge in [0.05, 0.1) is 73.1 Å². The SMILES string of the molecule is CCOC(=O)CCC(=O)O[C@H]1[C@H](O[C@H]2[C@@H](C)[C@H](O[C@H]3C[C@@](C)(OC)[C@@H](O)[C@H](C)O3)[C@@H](C)C(=O)O[C@H](CC)[C@@](C)(O)[C@H](O)[C@@H](C)C(=O)[C@H](C)C[C@@]2(C)O)O[C@H](C)C[C@@H]1N(C)C. The van der Waals surface area contributed by atoms with E-state index in [0.717, 1.165) is 0 Å². The van der Waals surface area contributed by atoms with Crippen LogP contribution < -0.4 is 0 Å². The number of rotatable bonds is 12. The lowest BCUT2D eigenvalue weighted by molar-refractivity contribution is -0.319. The third-order valence-electron chi connectivity index (χ3n) is 12.9. The van der Waals surface area contributed by atoms with Gasteiger partial charge in [-0.15, -0.1) is 0 Å². The van der Waals surface area contributed by atoms with Crippen molar-refractivity contribution in [2.75, 3.05) is 27.8 Å². The van der Waals surface area contributed by atoms with Crippen molar-refractivity contribution in [3.8, 4) is 0 Å². The van der Waals surface area contributed by atoms with E-state index < -0.39 is 132 Å². The molecule has 3 aliphatic rings. The number of ketones is 1. The minimum absolute atomic E-state index is 0.0431. The molecular weight excluding hydrogens is 786 g/mol. The number of hydrogen-bond acceptors (Lipinski definition) is 17. The van der Waals surface area contributed by atoms with Crippen LogP contribution in [0.3, 0.4) is 0 Å². The number of aliphatic hydroxyl groups excluding tert-OH is 2. The van der Waals surface area contributed by atoms with Crippen LogP contribution in [0.15, 0.2) is 0 Å². The first-order chi connectivity index (χ1) is 27.8. The van der Waals surface area contributed by atoms with Crippen molar-refractivity contribution in [2.45, 2.75) is 199 Å². The second-order valence-electron chi connectivity index (χ2n) is 18.2. The number of Topliss-reactive ketones (excluding diaryl/α,β-unsaturated/α-hetero) is 1. The lowest BCUT2D eigenvalue weighted by Gasteiger charge is -2.49. The van der Waals surface area contributed by atoms with Gasteiger partial charge in [-0.05, 0) is 81.8 Å². The number of hydrogen-bond donors (Lipinski definition) is 4. The van der Waals surface area contributed by atoms with E-state index in [1.54, 1.807) is 48.5 Å². The molecule has 348 valence electrons. The van der Waals surface area contributed by atoms with E-state index in [2.05, 4.69) is 0 Å². The summed E-state index contributed by atoms with van der Waals surface area (Å²) in [4.78, 5) is 55.6. The molecule has 0 aromatic heterocycles. The molecule has 4 N–H and O–H groups in total. The van der Waals surface area contributed by atoms with Gasteiger partial charge in [0, 0.05) is 31.3 Å². The van der Waals surface area contributed by atoms with Crippen LogP contribution in [0.4, 0.5) is 0 Å². The van der Waals surface area contributed by atoms with E-state index in [9.17, 15) is 39.6 Å². The van der Waals surface area contributed by atoms with E-state index >= 15 is 0 Å². The fourth-order valence-electron chi connectivity index (χ4n) is 9.17. The highest BCUT2D eigenvalue weighted by Crippen LogP contribution is 2.41. The number of esters is 3. The Kier molecular flexibility index (Phi) is 18.5. The fourth-order valence-corrected chi connectivity index (χ4v) is 9.17. The Hall–Kier alpha value is -2.32. The van der Waals surface area contributed by atoms with Crippen LogP contribution >= 0.6 is 0 Å². The summed E-state index contributed by atoms with van der Waals surface area (Å²) >= 11 is 0. The first kappa shape index (κ1) is 52.0. The van der Waals surface area contributed by atoms with E-state index in [4.69, 9.17) is 37.9 Å². The predicted molar refractivity (Wildman–Crippen MR) is 216 cm³/mol. The zero-order chi connectivity index (χ0) is 45.7. The first-order valence-electron chi connectivity index (χ1n) is 21.5. The minimum Gasteiger partial charge on any atom is -0.466 e. The summed E-state index contributed by atoms with van der Waals surface area (Å²) in [7, 11) is 5.09. The standard InChI is InChI=1S/C43H75NO16/c1-15-29-43(11,52)36(48)24(5)33(47)22(3)20-41(9,51)38(25(6)34(26(7)39(50)57-29)59-32-21-42(10,53-14)37(49)27(8)56-32)60-40-35(28(44(12)13)19-23(4)55-40)58-31(46)18-17-30(45)54-16-2/h22-29,32,34-38,40,48-49,51-52H,15-21H2,1-14H3/t22-,23-,24+,25+,26-,27+,28+,29-,32+,34+,35-,36-,37+,38+,40+,41-,42-,43-/m1/s1. The van der Waals surface area contributed by atoms with Crippen molar-refractivity contribution in [2.24, 2.45) is 23.7 Å². The minimum atomic E-state index is -2.04. The van der Waals surface area contributed by atoms with Gasteiger partial charge in [0.15, 0.2) is 18.7 Å². The summed E-state index contributed by atoms with van der Waals surface area (Å²) in [5.74, 6) is -6.64. The molecule has 0 amide bonds. The molecule has 0 bridgehead atoms. The number of aliphatic hydroxyl groups is 4. The second-order valence-corrected chi connectivity index (χ2v) is 18.2. The number of ether oxygens (including phenoxy) is 8. The molecule has 3 fully saturated rings. The third kappa shape index (κ3) is 12.2. The molecule has 3 aliphatic heterocycles. The lowest BCUT2D eigenvalue weighted by Crippen LogP contribution is -2.61. The Labute approximate surface area is 356 Å². The smallest absolute Gasteiger partial charge is 0.311 e. The number of methoxy groups -OCH3 is 1. The molecule has 0 aromatic rings. The summed E-state index contributed by atoms with van der Waals surface area (Å²) in [5.41, 5.74) is -5.06. The van der Waals surface area contributed by atoms with Crippen molar-refractivity contribution >= 4 is 23.7 Å². The van der Waals surface area contributed by atoms with Crippen molar-refractivity contribution in [1.29, 1.82) is 0 Å². The predicted octanol–water partition coefficient (Wildman–Crippen LogP) is 2.68. The molecular formula is C43H75NO16. The molecule has 17 heteroatoms. The summed E-state index contributed by atoms with van der Waals surface area (Å²) < 4.78 is 48.8. The quantitative estimate of drug-likeness (QED) is 0.163. The van der Waals surface area contributed by atoms with Crippen molar-refractivity contribution in [3.63, 3.8) is 0 Å². The molecule has 0 aromatic carbocycles. The topological polar surface area (TPSA) is 226 Å². The maximum absolute atomic E-state index is 14.3. The monoisotopic (exact) mass is 862 g/mol. The average molecular weight is 862 g/mol. The maximum Gasteiger partial charge on any atom is 0.311 e. The van der Waals surface area contributed by atoms with Crippen molar-refractivity contribution in [1.82, 2.24) is 4.90 Å². The number of carbonyl (C=O) groups is 4. The molecule has 0 aliphatic carbocycles. The summed E-state index contributed by atoms with van der Waals surface area (Å²) in [6.45, 7) is 17.9. The number of carbonyl (C=O) groups excluding carboxylic acids is 4. The Morgan fingerprint density at radius 3 is 2.03 bits per heavy atom. The van der Waals surface area contributed by atoms with E-state index in [1.807, 2.05) is 25.9 Å². The van der Waals surface area contributed by atoms with Gasteiger partial charge in [0.1, 0.15) is 23.6 Å². The molecule has 60 heavy (non-hydrogen) atoms. The molecule has 0 unspecified atom stereocenters. The van der Waals surface area contributed by atoms with Gasteiger partial charge in [-0.1, -0.05) is 27.7 Å². The summed E-state index contributed by atoms with van der Waals surface area (Å²) in [5, 5.41) is 46.8. The van der Waals surface area contributed by atoms with E-state index in [0.29, 0.717) is 6.42 Å². The van der Waals surface area contributed by atoms with Crippen LogP contribution in [0, 0.1) is 23.7 Å². The fraction of sp³-hybridized carbons (Fsp3) is 0.907. The Bertz CT molecular complexity index is 1440. The van der Waals surface area contributed by atoms with Gasteiger partial charge < -0.3 is 63.2 Å². The van der Waals surface area contributed by atoms with Gasteiger partial charge in [-0.3, -0.25) is 19.2 Å². The van der Waals surface area contributed by atoms with Crippen LogP contribution in [0.25, 0.3) is 0 Å². The molecule has 0 saturated carbocycles. The molecule has 3 heterocycles. The lowest BCUT2D eigenvalue weighted by atomic mass is 9.74. The Morgan fingerprint density at radius 2 is 1.47 bits per heavy atom. The highest BCUT2D eigenvalue weighted by Gasteiger charge is 2.54. The van der Waals surface area contributed by atoms with Gasteiger partial charge in [-0.2, -0.15) is 0 Å². The highest BCUT2D eigenvalue weighted by atomic mass is 16.7.